The largest absolute Gasteiger partial charge is 0.417 e. The molecule has 1 atom stereocenters. The number of amides is 1. The summed E-state index contributed by atoms with van der Waals surface area (Å²) in [6, 6.07) is 3.42. The van der Waals surface area contributed by atoms with E-state index in [9.17, 15) is 18.0 Å². The third kappa shape index (κ3) is 4.23. The summed E-state index contributed by atoms with van der Waals surface area (Å²) in [4.78, 5) is 18.2. The normalized spacial score (nSPS) is 18.0. The number of nitrogens with one attached hydrogen (secondary N) is 1. The molecule has 0 spiro atoms. The Hall–Kier alpha value is -2.58. The van der Waals surface area contributed by atoms with E-state index < -0.39 is 17.8 Å². The van der Waals surface area contributed by atoms with Crippen LogP contribution in [0.4, 0.5) is 24.8 Å². The number of carbonyl (C=O) groups is 1. The highest BCUT2D eigenvalue weighted by Crippen LogP contribution is 2.31. The number of carbonyl (C=O) groups excluding carboxylic acids is 1. The molecule has 1 aliphatic heterocycles. The van der Waals surface area contributed by atoms with Gasteiger partial charge in [0.1, 0.15) is 17.6 Å². The van der Waals surface area contributed by atoms with Crippen LogP contribution in [0.5, 0.6) is 0 Å². The lowest BCUT2D eigenvalue weighted by Gasteiger charge is -2.24. The van der Waals surface area contributed by atoms with E-state index in [0.29, 0.717) is 30.4 Å². The fourth-order valence-corrected chi connectivity index (χ4v) is 2.93. The number of pyridine rings is 1. The molecule has 1 amide bonds. The van der Waals surface area contributed by atoms with Crippen molar-refractivity contribution in [3.05, 3.63) is 35.7 Å². The molecule has 146 valence electrons. The van der Waals surface area contributed by atoms with E-state index in [-0.39, 0.29) is 11.3 Å². The Balaban J connectivity index is 1.72. The summed E-state index contributed by atoms with van der Waals surface area (Å²) < 4.78 is 43.3. The van der Waals surface area contributed by atoms with Crippen molar-refractivity contribution in [2.24, 2.45) is 0 Å². The Labute approximate surface area is 154 Å². The number of hydrogen-bond donors (Lipinski definition) is 1. The van der Waals surface area contributed by atoms with Gasteiger partial charge in [0.15, 0.2) is 5.82 Å². The average Bonchev–Trinajstić information content (AvgIpc) is 3.22. The lowest BCUT2D eigenvalue weighted by Crippen LogP contribution is -2.40. The molecule has 0 bridgehead atoms. The van der Waals surface area contributed by atoms with E-state index in [2.05, 4.69) is 15.5 Å². The third-order valence-corrected chi connectivity index (χ3v) is 4.43. The molecule has 1 unspecified atom stereocenters. The second kappa shape index (κ2) is 6.86. The zero-order chi connectivity index (χ0) is 19.8. The number of alkyl halides is 3. The first-order valence-electron chi connectivity index (χ1n) is 8.63. The monoisotopic (exact) mass is 382 g/mol. The van der Waals surface area contributed by atoms with Crippen molar-refractivity contribution in [1.29, 1.82) is 0 Å². The number of anilines is 2. The minimum absolute atomic E-state index is 0.237. The summed E-state index contributed by atoms with van der Waals surface area (Å²) in [5.74, 6) is 1.02. The molecular formula is C18H21F3N4O2. The highest BCUT2D eigenvalue weighted by Gasteiger charge is 2.34. The number of halogens is 3. The van der Waals surface area contributed by atoms with Gasteiger partial charge in [0, 0.05) is 24.2 Å². The summed E-state index contributed by atoms with van der Waals surface area (Å²) in [6.45, 7) is 6.44. The van der Waals surface area contributed by atoms with Crippen molar-refractivity contribution < 1.29 is 22.5 Å². The third-order valence-electron chi connectivity index (χ3n) is 4.43. The molecule has 1 saturated heterocycles. The SMILES string of the molecule is CC(C)(C)c1cc(NC(=O)C2CCCN2c2ccc(C(F)(F)F)cn2)no1. The fraction of sp³-hybridized carbons (Fsp3) is 0.500. The van der Waals surface area contributed by atoms with Gasteiger partial charge < -0.3 is 14.7 Å². The lowest BCUT2D eigenvalue weighted by atomic mass is 9.93. The van der Waals surface area contributed by atoms with Gasteiger partial charge >= 0.3 is 6.18 Å². The van der Waals surface area contributed by atoms with Crippen LogP contribution in [0.2, 0.25) is 0 Å². The first kappa shape index (κ1) is 19.2. The standard InChI is InChI=1S/C18H21F3N4O2/c1-17(2,3)13-9-14(24-27-13)23-16(26)12-5-4-8-25(12)15-7-6-11(10-22-15)18(19,20)21/h6-7,9-10,12H,4-5,8H2,1-3H3,(H,23,24,26). The van der Waals surface area contributed by atoms with E-state index in [4.69, 9.17) is 4.52 Å². The van der Waals surface area contributed by atoms with Crippen LogP contribution in [0.3, 0.4) is 0 Å². The van der Waals surface area contributed by atoms with E-state index in [1.807, 2.05) is 20.8 Å². The van der Waals surface area contributed by atoms with Crippen LogP contribution in [-0.2, 0) is 16.4 Å². The minimum atomic E-state index is -4.44. The summed E-state index contributed by atoms with van der Waals surface area (Å²) >= 11 is 0. The molecule has 0 aliphatic carbocycles. The van der Waals surface area contributed by atoms with Crippen LogP contribution in [0, 0.1) is 0 Å². The van der Waals surface area contributed by atoms with Gasteiger partial charge in [-0.25, -0.2) is 4.98 Å². The Morgan fingerprint density at radius 2 is 2.04 bits per heavy atom. The van der Waals surface area contributed by atoms with E-state index >= 15 is 0 Å². The maximum Gasteiger partial charge on any atom is 0.417 e. The molecule has 1 fully saturated rings. The van der Waals surface area contributed by atoms with Gasteiger partial charge in [0.2, 0.25) is 5.91 Å². The zero-order valence-electron chi connectivity index (χ0n) is 15.3. The zero-order valence-corrected chi connectivity index (χ0v) is 15.3. The predicted octanol–water partition coefficient (Wildman–Crippen LogP) is 3.99. The molecule has 27 heavy (non-hydrogen) atoms. The molecule has 3 heterocycles. The molecule has 0 saturated carbocycles. The number of hydrogen-bond acceptors (Lipinski definition) is 5. The van der Waals surface area contributed by atoms with Gasteiger partial charge in [-0.3, -0.25) is 4.79 Å². The van der Waals surface area contributed by atoms with Gasteiger partial charge in [-0.15, -0.1) is 0 Å². The van der Waals surface area contributed by atoms with Crippen LogP contribution in [0.15, 0.2) is 28.9 Å². The molecule has 1 aliphatic rings. The molecule has 3 rings (SSSR count). The fourth-order valence-electron chi connectivity index (χ4n) is 2.93. The van der Waals surface area contributed by atoms with Gasteiger partial charge in [-0.1, -0.05) is 25.9 Å². The van der Waals surface area contributed by atoms with Crippen molar-refractivity contribution in [1.82, 2.24) is 10.1 Å². The van der Waals surface area contributed by atoms with E-state index in [0.717, 1.165) is 18.7 Å². The molecular weight excluding hydrogens is 361 g/mol. The predicted molar refractivity (Wildman–Crippen MR) is 93.4 cm³/mol. The van der Waals surface area contributed by atoms with E-state index in [1.165, 1.54) is 6.07 Å². The second-order valence-electron chi connectivity index (χ2n) is 7.57. The van der Waals surface area contributed by atoms with E-state index in [1.54, 1.807) is 11.0 Å². The molecule has 1 N–H and O–H groups in total. The van der Waals surface area contributed by atoms with Gasteiger partial charge in [-0.05, 0) is 25.0 Å². The summed E-state index contributed by atoms with van der Waals surface area (Å²) in [5, 5.41) is 6.58. The van der Waals surface area contributed by atoms with Crippen LogP contribution in [-0.4, -0.2) is 28.6 Å². The van der Waals surface area contributed by atoms with Crippen molar-refractivity contribution in [3.63, 3.8) is 0 Å². The minimum Gasteiger partial charge on any atom is -0.359 e. The van der Waals surface area contributed by atoms with Crippen molar-refractivity contribution in [2.45, 2.75) is 51.2 Å². The van der Waals surface area contributed by atoms with Crippen molar-refractivity contribution in [2.75, 3.05) is 16.8 Å². The number of nitrogens with zero attached hydrogens (tertiary/aromatic N) is 3. The van der Waals surface area contributed by atoms with Crippen LogP contribution >= 0.6 is 0 Å². The lowest BCUT2D eigenvalue weighted by molar-refractivity contribution is -0.137. The number of rotatable bonds is 3. The average molecular weight is 382 g/mol. The summed E-state index contributed by atoms with van der Waals surface area (Å²) in [5.41, 5.74) is -1.05. The van der Waals surface area contributed by atoms with Crippen LogP contribution in [0.25, 0.3) is 0 Å². The molecule has 9 heteroatoms. The second-order valence-corrected chi connectivity index (χ2v) is 7.57. The smallest absolute Gasteiger partial charge is 0.359 e. The Morgan fingerprint density at radius 3 is 2.59 bits per heavy atom. The van der Waals surface area contributed by atoms with Crippen molar-refractivity contribution >= 4 is 17.5 Å². The topological polar surface area (TPSA) is 71.3 Å². The molecule has 2 aromatic heterocycles. The van der Waals surface area contributed by atoms with Crippen LogP contribution in [0.1, 0.15) is 44.9 Å². The first-order chi connectivity index (χ1) is 12.6. The summed E-state index contributed by atoms with van der Waals surface area (Å²) in [7, 11) is 0. The highest BCUT2D eigenvalue weighted by molar-refractivity contribution is 5.96. The first-order valence-corrected chi connectivity index (χ1v) is 8.63. The highest BCUT2D eigenvalue weighted by atomic mass is 19.4. The van der Waals surface area contributed by atoms with Gasteiger partial charge in [0.05, 0.1) is 5.56 Å². The number of aromatic nitrogens is 2. The molecule has 2 aromatic rings. The molecule has 6 nitrogen and oxygen atoms in total. The Kier molecular flexibility index (Phi) is 4.88. The van der Waals surface area contributed by atoms with Gasteiger partial charge in [-0.2, -0.15) is 13.2 Å². The molecule has 0 aromatic carbocycles. The quantitative estimate of drug-likeness (QED) is 0.869. The van der Waals surface area contributed by atoms with Crippen LogP contribution < -0.4 is 10.2 Å². The molecule has 0 radical (unpaired) electrons. The Bertz CT molecular complexity index is 809. The maximum atomic E-state index is 12.7. The van der Waals surface area contributed by atoms with Crippen molar-refractivity contribution in [3.8, 4) is 0 Å². The Morgan fingerprint density at radius 1 is 1.30 bits per heavy atom. The summed E-state index contributed by atoms with van der Waals surface area (Å²) in [6.07, 6.45) is -2.33. The van der Waals surface area contributed by atoms with Gasteiger partial charge in [0.25, 0.3) is 0 Å². The maximum absolute atomic E-state index is 12.7.